The van der Waals surface area contributed by atoms with E-state index in [-0.39, 0.29) is 0 Å². The zero-order valence-corrected chi connectivity index (χ0v) is 6.79. The first-order valence-corrected chi connectivity index (χ1v) is 4.86. The van der Waals surface area contributed by atoms with E-state index in [0.717, 1.165) is 23.9 Å². The second-order valence-corrected chi connectivity index (χ2v) is 4.33. The number of allylic oxidation sites excluding steroid dienone is 1. The van der Waals surface area contributed by atoms with Crippen molar-refractivity contribution in [3.8, 4) is 0 Å². The minimum absolute atomic E-state index is 0.845. The summed E-state index contributed by atoms with van der Waals surface area (Å²) < 4.78 is 0. The van der Waals surface area contributed by atoms with Gasteiger partial charge >= 0.3 is 0 Å². The van der Waals surface area contributed by atoms with E-state index >= 15 is 0 Å². The lowest BCUT2D eigenvalue weighted by Gasteiger charge is -2.19. The van der Waals surface area contributed by atoms with E-state index in [2.05, 4.69) is 17.5 Å². The monoisotopic (exact) mass is 149 g/mol. The Morgan fingerprint density at radius 3 is 2.55 bits per heavy atom. The highest BCUT2D eigenvalue weighted by Gasteiger charge is 2.37. The molecule has 0 amide bonds. The lowest BCUT2D eigenvalue weighted by Crippen LogP contribution is -2.34. The van der Waals surface area contributed by atoms with Crippen LogP contribution in [0.25, 0.3) is 0 Å². The van der Waals surface area contributed by atoms with Gasteiger partial charge in [-0.1, -0.05) is 12.2 Å². The quantitative estimate of drug-likeness (QED) is 0.589. The lowest BCUT2D eigenvalue weighted by molar-refractivity contribution is 0.448. The van der Waals surface area contributed by atoms with Crippen LogP contribution in [0.5, 0.6) is 0 Å². The van der Waals surface area contributed by atoms with Crippen molar-refractivity contribution < 1.29 is 0 Å². The third-order valence-electron chi connectivity index (χ3n) is 3.31. The molecule has 60 valence electrons. The molecule has 0 aliphatic heterocycles. The molecule has 2 saturated carbocycles. The Balaban J connectivity index is 1.66. The van der Waals surface area contributed by atoms with E-state index in [9.17, 15) is 0 Å². The van der Waals surface area contributed by atoms with Crippen molar-refractivity contribution in [2.75, 3.05) is 0 Å². The van der Waals surface area contributed by atoms with Crippen LogP contribution in [0.4, 0.5) is 0 Å². The Morgan fingerprint density at radius 1 is 1.09 bits per heavy atom. The third-order valence-corrected chi connectivity index (χ3v) is 3.31. The first kappa shape index (κ1) is 6.24. The fraction of sp³-hybridized carbons (Fsp3) is 0.800. The molecule has 0 aromatic heterocycles. The number of nitrogens with one attached hydrogen (secondary N) is 1. The molecule has 0 aromatic carbocycles. The van der Waals surface area contributed by atoms with E-state index in [1.165, 1.54) is 25.7 Å². The second kappa shape index (κ2) is 2.10. The third kappa shape index (κ3) is 1.02. The Bertz CT molecular complexity index is 193. The van der Waals surface area contributed by atoms with Crippen LogP contribution in [0.2, 0.25) is 0 Å². The van der Waals surface area contributed by atoms with Gasteiger partial charge in [0.1, 0.15) is 0 Å². The lowest BCUT2D eigenvalue weighted by atomic mass is 10.0. The Morgan fingerprint density at radius 2 is 2.00 bits per heavy atom. The SMILES string of the molecule is C1=CC2CC1CC2NC1CC1. The van der Waals surface area contributed by atoms with E-state index in [0.29, 0.717) is 0 Å². The summed E-state index contributed by atoms with van der Waals surface area (Å²) in [5.41, 5.74) is 0. The van der Waals surface area contributed by atoms with E-state index < -0.39 is 0 Å². The molecule has 3 atom stereocenters. The molecular weight excluding hydrogens is 134 g/mol. The highest BCUT2D eigenvalue weighted by atomic mass is 15.0. The molecule has 3 rings (SSSR count). The average molecular weight is 149 g/mol. The van der Waals surface area contributed by atoms with Crippen LogP contribution in [0.3, 0.4) is 0 Å². The summed E-state index contributed by atoms with van der Waals surface area (Å²) in [6.45, 7) is 0. The molecule has 3 aliphatic rings. The molecule has 0 heterocycles. The summed E-state index contributed by atoms with van der Waals surface area (Å²) in [5.74, 6) is 1.82. The van der Waals surface area contributed by atoms with Crippen molar-refractivity contribution in [1.29, 1.82) is 0 Å². The van der Waals surface area contributed by atoms with Gasteiger partial charge in [0.15, 0.2) is 0 Å². The summed E-state index contributed by atoms with van der Waals surface area (Å²) in [6.07, 6.45) is 10.5. The van der Waals surface area contributed by atoms with Crippen LogP contribution >= 0.6 is 0 Å². The molecule has 1 heteroatoms. The van der Waals surface area contributed by atoms with E-state index in [1.54, 1.807) is 0 Å². The van der Waals surface area contributed by atoms with Crippen LogP contribution in [-0.4, -0.2) is 12.1 Å². The zero-order valence-electron chi connectivity index (χ0n) is 6.79. The molecule has 1 N–H and O–H groups in total. The van der Waals surface area contributed by atoms with Gasteiger partial charge in [0.05, 0.1) is 0 Å². The normalized spacial score (nSPS) is 47.1. The topological polar surface area (TPSA) is 12.0 Å². The highest BCUT2D eigenvalue weighted by Crippen LogP contribution is 2.40. The van der Waals surface area contributed by atoms with Crippen LogP contribution in [-0.2, 0) is 0 Å². The molecule has 3 aliphatic carbocycles. The summed E-state index contributed by atoms with van der Waals surface area (Å²) in [4.78, 5) is 0. The fourth-order valence-electron chi connectivity index (χ4n) is 2.53. The van der Waals surface area contributed by atoms with Gasteiger partial charge < -0.3 is 5.32 Å². The van der Waals surface area contributed by atoms with Crippen molar-refractivity contribution in [2.24, 2.45) is 11.8 Å². The predicted octanol–water partition coefficient (Wildman–Crippen LogP) is 1.70. The Hall–Kier alpha value is -0.300. The van der Waals surface area contributed by atoms with Crippen molar-refractivity contribution >= 4 is 0 Å². The standard InChI is InChI=1S/C10H15N/c1-2-8-5-7(1)6-10(8)11-9-3-4-9/h1-2,7-11H,3-6H2. The van der Waals surface area contributed by atoms with Crippen LogP contribution in [0, 0.1) is 11.8 Å². The number of fused-ring (bicyclic) bond motifs is 2. The molecule has 0 radical (unpaired) electrons. The van der Waals surface area contributed by atoms with Gasteiger partial charge in [-0.2, -0.15) is 0 Å². The van der Waals surface area contributed by atoms with Gasteiger partial charge in [0.2, 0.25) is 0 Å². The van der Waals surface area contributed by atoms with Gasteiger partial charge in [-0.05, 0) is 37.5 Å². The Labute approximate surface area is 67.9 Å². The summed E-state index contributed by atoms with van der Waals surface area (Å²) in [6, 6.07) is 1.74. The minimum Gasteiger partial charge on any atom is -0.311 e. The van der Waals surface area contributed by atoms with Crippen molar-refractivity contribution in [3.63, 3.8) is 0 Å². The van der Waals surface area contributed by atoms with Crippen molar-refractivity contribution in [2.45, 2.75) is 37.8 Å². The molecule has 2 fully saturated rings. The smallest absolute Gasteiger partial charge is 0.0138 e. The molecule has 11 heavy (non-hydrogen) atoms. The van der Waals surface area contributed by atoms with Gasteiger partial charge in [-0.3, -0.25) is 0 Å². The fourth-order valence-corrected chi connectivity index (χ4v) is 2.53. The maximum atomic E-state index is 3.73. The van der Waals surface area contributed by atoms with Crippen LogP contribution < -0.4 is 5.32 Å². The highest BCUT2D eigenvalue weighted by molar-refractivity contribution is 5.13. The zero-order chi connectivity index (χ0) is 7.26. The summed E-state index contributed by atoms with van der Waals surface area (Å²) >= 11 is 0. The van der Waals surface area contributed by atoms with Crippen molar-refractivity contribution in [3.05, 3.63) is 12.2 Å². The van der Waals surface area contributed by atoms with E-state index in [1.807, 2.05) is 0 Å². The van der Waals surface area contributed by atoms with Gasteiger partial charge in [-0.25, -0.2) is 0 Å². The molecule has 0 aromatic rings. The number of rotatable bonds is 2. The van der Waals surface area contributed by atoms with Crippen LogP contribution in [0.1, 0.15) is 25.7 Å². The maximum Gasteiger partial charge on any atom is 0.0138 e. The van der Waals surface area contributed by atoms with Gasteiger partial charge in [0.25, 0.3) is 0 Å². The largest absolute Gasteiger partial charge is 0.311 e. The average Bonchev–Trinajstić information content (AvgIpc) is 2.61. The molecule has 1 nitrogen and oxygen atoms in total. The maximum absolute atomic E-state index is 3.73. The summed E-state index contributed by atoms with van der Waals surface area (Å²) in [7, 11) is 0. The molecule has 2 bridgehead atoms. The molecule has 3 unspecified atom stereocenters. The van der Waals surface area contributed by atoms with Gasteiger partial charge in [-0.15, -0.1) is 0 Å². The first-order chi connectivity index (χ1) is 5.42. The minimum atomic E-state index is 0.845. The second-order valence-electron chi connectivity index (χ2n) is 4.33. The van der Waals surface area contributed by atoms with Gasteiger partial charge in [0, 0.05) is 12.1 Å². The van der Waals surface area contributed by atoms with Crippen LogP contribution in [0.15, 0.2) is 12.2 Å². The predicted molar refractivity (Wildman–Crippen MR) is 45.3 cm³/mol. The Kier molecular flexibility index (Phi) is 1.19. The molecule has 0 saturated heterocycles. The molecular formula is C10H15N. The first-order valence-electron chi connectivity index (χ1n) is 4.86. The number of hydrogen-bond acceptors (Lipinski definition) is 1. The van der Waals surface area contributed by atoms with E-state index in [4.69, 9.17) is 0 Å². The number of hydrogen-bond donors (Lipinski definition) is 1. The van der Waals surface area contributed by atoms with Crippen molar-refractivity contribution in [1.82, 2.24) is 5.32 Å². The summed E-state index contributed by atoms with van der Waals surface area (Å²) in [5, 5.41) is 3.73. The molecule has 0 spiro atoms.